The SMILES string of the molecule is N=C(N)c1ccc(Oc2cc(Oc3ccc(CN)cc3)cc(Oc3ccc(C(=N)N)cc3)c2)cc1. The number of nitrogens with one attached hydrogen (secondary N) is 2. The summed E-state index contributed by atoms with van der Waals surface area (Å²) in [7, 11) is 0. The van der Waals surface area contributed by atoms with Gasteiger partial charge in [0.15, 0.2) is 0 Å². The Labute approximate surface area is 202 Å². The van der Waals surface area contributed by atoms with Crippen LogP contribution in [0, 0.1) is 10.8 Å². The summed E-state index contributed by atoms with van der Waals surface area (Å²) in [5, 5.41) is 15.1. The number of nitrogen functional groups attached to an aromatic ring is 2. The van der Waals surface area contributed by atoms with E-state index in [2.05, 4.69) is 0 Å². The lowest BCUT2D eigenvalue weighted by molar-refractivity contribution is 0.439. The molecular weight excluding hydrogens is 442 g/mol. The zero-order valence-corrected chi connectivity index (χ0v) is 18.8. The third kappa shape index (κ3) is 6.16. The van der Waals surface area contributed by atoms with Crippen molar-refractivity contribution >= 4 is 11.7 Å². The van der Waals surface area contributed by atoms with Gasteiger partial charge in [-0.25, -0.2) is 0 Å². The standard InChI is InChI=1S/C27H25N5O3/c28-16-17-1-7-20(8-2-17)33-23-13-24(34-21-9-3-18(4-10-21)26(29)30)15-25(14-23)35-22-11-5-19(6-12-22)27(31)32/h1-15H,16,28H2,(H3,29,30)(H3,31,32). The van der Waals surface area contributed by atoms with Gasteiger partial charge in [-0.15, -0.1) is 0 Å². The average Bonchev–Trinajstić information content (AvgIpc) is 2.85. The maximum Gasteiger partial charge on any atom is 0.134 e. The first-order valence-electron chi connectivity index (χ1n) is 10.8. The Morgan fingerprint density at radius 1 is 0.514 bits per heavy atom. The van der Waals surface area contributed by atoms with E-state index in [1.165, 1.54) is 0 Å². The van der Waals surface area contributed by atoms with E-state index < -0.39 is 0 Å². The number of nitrogens with two attached hydrogens (primary N) is 3. The smallest absolute Gasteiger partial charge is 0.134 e. The highest BCUT2D eigenvalue weighted by Gasteiger charge is 2.09. The molecule has 8 N–H and O–H groups in total. The quantitative estimate of drug-likeness (QED) is 0.171. The van der Waals surface area contributed by atoms with Crippen LogP contribution in [0.4, 0.5) is 0 Å². The molecule has 0 aromatic heterocycles. The summed E-state index contributed by atoms with van der Waals surface area (Å²) < 4.78 is 18.1. The largest absolute Gasteiger partial charge is 0.457 e. The lowest BCUT2D eigenvalue weighted by atomic mass is 10.2. The highest BCUT2D eigenvalue weighted by Crippen LogP contribution is 2.35. The van der Waals surface area contributed by atoms with Crippen molar-refractivity contribution in [2.24, 2.45) is 17.2 Å². The predicted molar refractivity (Wildman–Crippen MR) is 136 cm³/mol. The Bertz CT molecular complexity index is 1260. The molecule has 4 rings (SSSR count). The van der Waals surface area contributed by atoms with Crippen LogP contribution in [-0.2, 0) is 6.54 Å². The van der Waals surface area contributed by atoms with E-state index in [4.69, 9.17) is 42.2 Å². The van der Waals surface area contributed by atoms with E-state index in [0.29, 0.717) is 52.2 Å². The molecule has 4 aromatic carbocycles. The molecule has 0 aliphatic carbocycles. The normalized spacial score (nSPS) is 10.4. The van der Waals surface area contributed by atoms with Gasteiger partial charge in [0.1, 0.15) is 46.2 Å². The van der Waals surface area contributed by atoms with Crippen LogP contribution in [0.3, 0.4) is 0 Å². The number of rotatable bonds is 9. The molecule has 4 aromatic rings. The van der Waals surface area contributed by atoms with E-state index in [0.717, 1.165) is 5.56 Å². The lowest BCUT2D eigenvalue weighted by Gasteiger charge is -2.13. The third-order valence-electron chi connectivity index (χ3n) is 5.05. The molecule has 176 valence electrons. The average molecular weight is 468 g/mol. The van der Waals surface area contributed by atoms with Gasteiger partial charge in [0.05, 0.1) is 0 Å². The third-order valence-corrected chi connectivity index (χ3v) is 5.05. The number of hydrogen-bond acceptors (Lipinski definition) is 6. The second kappa shape index (κ2) is 10.4. The Morgan fingerprint density at radius 2 is 0.829 bits per heavy atom. The summed E-state index contributed by atoms with van der Waals surface area (Å²) in [4.78, 5) is 0. The molecule has 0 heterocycles. The van der Waals surface area contributed by atoms with Crippen LogP contribution >= 0.6 is 0 Å². The maximum atomic E-state index is 7.54. The van der Waals surface area contributed by atoms with Crippen LogP contribution in [0.1, 0.15) is 16.7 Å². The van der Waals surface area contributed by atoms with Crippen molar-refractivity contribution in [1.82, 2.24) is 0 Å². The molecule has 0 amide bonds. The minimum absolute atomic E-state index is 0.0147. The van der Waals surface area contributed by atoms with Gasteiger partial charge < -0.3 is 31.4 Å². The predicted octanol–water partition coefficient (Wildman–Crippen LogP) is 5.09. The summed E-state index contributed by atoms with van der Waals surface area (Å²) in [5.41, 5.74) is 19.0. The van der Waals surface area contributed by atoms with E-state index in [1.807, 2.05) is 24.3 Å². The molecule has 0 saturated carbocycles. The number of hydrogen-bond donors (Lipinski definition) is 5. The Morgan fingerprint density at radius 3 is 1.11 bits per heavy atom. The fraction of sp³-hybridized carbons (Fsp3) is 0.0370. The molecule has 0 spiro atoms. The molecule has 0 bridgehead atoms. The molecule has 0 unspecified atom stereocenters. The molecule has 0 fully saturated rings. The van der Waals surface area contributed by atoms with Crippen LogP contribution < -0.4 is 31.4 Å². The molecule has 0 radical (unpaired) electrons. The number of amidine groups is 2. The molecule has 8 heteroatoms. The van der Waals surface area contributed by atoms with Crippen LogP contribution in [0.15, 0.2) is 91.0 Å². The first-order chi connectivity index (χ1) is 16.9. The topological polar surface area (TPSA) is 153 Å². The zero-order valence-electron chi connectivity index (χ0n) is 18.8. The fourth-order valence-corrected chi connectivity index (χ4v) is 3.23. The van der Waals surface area contributed by atoms with Gasteiger partial charge in [-0.1, -0.05) is 12.1 Å². The van der Waals surface area contributed by atoms with Gasteiger partial charge >= 0.3 is 0 Å². The van der Waals surface area contributed by atoms with Gasteiger partial charge in [0.2, 0.25) is 0 Å². The van der Waals surface area contributed by atoms with Gasteiger partial charge in [-0.3, -0.25) is 10.8 Å². The first-order valence-corrected chi connectivity index (χ1v) is 10.8. The molecule has 0 aliphatic rings. The summed E-state index contributed by atoms with van der Waals surface area (Å²) in [5.74, 6) is 3.24. The van der Waals surface area contributed by atoms with Crippen molar-refractivity contribution < 1.29 is 14.2 Å². The van der Waals surface area contributed by atoms with Crippen molar-refractivity contribution in [3.8, 4) is 34.5 Å². The highest BCUT2D eigenvalue weighted by molar-refractivity contribution is 5.95. The monoisotopic (exact) mass is 467 g/mol. The van der Waals surface area contributed by atoms with E-state index in [1.54, 1.807) is 66.7 Å². The Hall–Kier alpha value is -4.82. The van der Waals surface area contributed by atoms with E-state index >= 15 is 0 Å². The minimum atomic E-state index is -0.0147. The molecule has 0 aliphatic heterocycles. The van der Waals surface area contributed by atoms with Gasteiger partial charge in [0.25, 0.3) is 0 Å². The van der Waals surface area contributed by atoms with E-state index in [-0.39, 0.29) is 11.7 Å². The van der Waals surface area contributed by atoms with Crippen molar-refractivity contribution in [1.29, 1.82) is 10.8 Å². The Kier molecular flexibility index (Phi) is 6.94. The minimum Gasteiger partial charge on any atom is -0.457 e. The van der Waals surface area contributed by atoms with Crippen molar-refractivity contribution in [2.45, 2.75) is 6.54 Å². The fourth-order valence-electron chi connectivity index (χ4n) is 3.23. The van der Waals surface area contributed by atoms with Crippen LogP contribution in [-0.4, -0.2) is 11.7 Å². The van der Waals surface area contributed by atoms with Gasteiger partial charge in [0, 0.05) is 35.9 Å². The number of ether oxygens (including phenoxy) is 3. The van der Waals surface area contributed by atoms with Gasteiger partial charge in [-0.2, -0.15) is 0 Å². The maximum absolute atomic E-state index is 7.54. The second-order valence-corrected chi connectivity index (χ2v) is 7.67. The molecule has 8 nitrogen and oxygen atoms in total. The highest BCUT2D eigenvalue weighted by atomic mass is 16.5. The second-order valence-electron chi connectivity index (χ2n) is 7.67. The molecule has 0 saturated heterocycles. The number of benzene rings is 4. The summed E-state index contributed by atoms with van der Waals surface area (Å²) >= 11 is 0. The Balaban J connectivity index is 1.62. The van der Waals surface area contributed by atoms with E-state index in [9.17, 15) is 0 Å². The van der Waals surface area contributed by atoms with Gasteiger partial charge in [-0.05, 0) is 66.2 Å². The molecule has 0 atom stereocenters. The van der Waals surface area contributed by atoms with Crippen LogP contribution in [0.25, 0.3) is 0 Å². The summed E-state index contributed by atoms with van der Waals surface area (Å²) in [6.07, 6.45) is 0. The summed E-state index contributed by atoms with van der Waals surface area (Å²) in [6, 6.07) is 26.5. The van der Waals surface area contributed by atoms with Crippen LogP contribution in [0.2, 0.25) is 0 Å². The van der Waals surface area contributed by atoms with Crippen molar-refractivity contribution in [2.75, 3.05) is 0 Å². The van der Waals surface area contributed by atoms with Crippen molar-refractivity contribution in [3.63, 3.8) is 0 Å². The van der Waals surface area contributed by atoms with Crippen LogP contribution in [0.5, 0.6) is 34.5 Å². The first kappa shape index (κ1) is 23.3. The molecular formula is C27H25N5O3. The summed E-state index contributed by atoms with van der Waals surface area (Å²) in [6.45, 7) is 0.451. The molecule has 35 heavy (non-hydrogen) atoms. The zero-order chi connectivity index (χ0) is 24.8. The lowest BCUT2D eigenvalue weighted by Crippen LogP contribution is -2.10. The van der Waals surface area contributed by atoms with Crippen molar-refractivity contribution in [3.05, 3.63) is 108 Å².